The van der Waals surface area contributed by atoms with Crippen molar-refractivity contribution in [3.63, 3.8) is 0 Å². The van der Waals surface area contributed by atoms with Gasteiger partial charge in [0.25, 0.3) is 0 Å². The molecule has 2 aromatic carbocycles. The van der Waals surface area contributed by atoms with E-state index in [0.29, 0.717) is 21.2 Å². The molecule has 0 radical (unpaired) electrons. The minimum atomic E-state index is -0.898. The molecular formula is C14H10Cl3FO. The van der Waals surface area contributed by atoms with E-state index >= 15 is 0 Å². The molecule has 0 aliphatic heterocycles. The molecule has 0 aromatic heterocycles. The standard InChI is InChI=1S/C14H10Cl3FO/c15-11-2-1-3-12(16)10(11)7-14(19)9-5-4-8(18)6-13(9)17/h1-6,14,19H,7H2. The van der Waals surface area contributed by atoms with Crippen molar-refractivity contribution in [2.75, 3.05) is 0 Å². The van der Waals surface area contributed by atoms with E-state index in [-0.39, 0.29) is 11.4 Å². The minimum absolute atomic E-state index is 0.177. The van der Waals surface area contributed by atoms with Crippen molar-refractivity contribution >= 4 is 34.8 Å². The average Bonchev–Trinajstić information content (AvgIpc) is 2.33. The molecule has 0 saturated carbocycles. The number of rotatable bonds is 3. The Bertz CT molecular complexity index is 581. The van der Waals surface area contributed by atoms with Crippen LogP contribution in [0.1, 0.15) is 17.2 Å². The van der Waals surface area contributed by atoms with Crippen molar-refractivity contribution < 1.29 is 9.50 Å². The van der Waals surface area contributed by atoms with Crippen LogP contribution in [0, 0.1) is 5.82 Å². The Hall–Kier alpha value is -0.800. The van der Waals surface area contributed by atoms with Crippen LogP contribution in [0.15, 0.2) is 36.4 Å². The summed E-state index contributed by atoms with van der Waals surface area (Å²) in [5.74, 6) is -0.447. The quantitative estimate of drug-likeness (QED) is 0.838. The highest BCUT2D eigenvalue weighted by Gasteiger charge is 2.16. The summed E-state index contributed by atoms with van der Waals surface area (Å²) in [5.41, 5.74) is 1.08. The van der Waals surface area contributed by atoms with E-state index in [0.717, 1.165) is 6.07 Å². The number of hydrogen-bond donors (Lipinski definition) is 1. The third kappa shape index (κ3) is 3.40. The molecule has 0 bridgehead atoms. The van der Waals surface area contributed by atoms with Crippen molar-refractivity contribution in [1.82, 2.24) is 0 Å². The van der Waals surface area contributed by atoms with Crippen LogP contribution in [-0.4, -0.2) is 5.11 Å². The Morgan fingerprint density at radius 3 is 2.21 bits per heavy atom. The van der Waals surface area contributed by atoms with Crippen LogP contribution >= 0.6 is 34.8 Å². The molecule has 0 spiro atoms. The molecule has 0 fully saturated rings. The van der Waals surface area contributed by atoms with Crippen LogP contribution in [0.2, 0.25) is 15.1 Å². The maximum absolute atomic E-state index is 13.0. The Kier molecular flexibility index (Phi) is 4.69. The van der Waals surface area contributed by atoms with Gasteiger partial charge in [-0.1, -0.05) is 46.9 Å². The average molecular weight is 320 g/mol. The Balaban J connectivity index is 2.28. The minimum Gasteiger partial charge on any atom is -0.388 e. The summed E-state index contributed by atoms with van der Waals surface area (Å²) < 4.78 is 13.0. The van der Waals surface area contributed by atoms with Gasteiger partial charge in [-0.2, -0.15) is 0 Å². The van der Waals surface area contributed by atoms with Gasteiger partial charge in [-0.3, -0.25) is 0 Å². The fraction of sp³-hybridized carbons (Fsp3) is 0.143. The monoisotopic (exact) mass is 318 g/mol. The summed E-state index contributed by atoms with van der Waals surface area (Å²) in [6.45, 7) is 0. The van der Waals surface area contributed by atoms with E-state index in [2.05, 4.69) is 0 Å². The molecule has 100 valence electrons. The van der Waals surface area contributed by atoms with E-state index in [1.165, 1.54) is 12.1 Å². The molecule has 0 aliphatic carbocycles. The van der Waals surface area contributed by atoms with Gasteiger partial charge >= 0.3 is 0 Å². The highest BCUT2D eigenvalue weighted by molar-refractivity contribution is 6.36. The summed E-state index contributed by atoms with van der Waals surface area (Å²) in [4.78, 5) is 0. The van der Waals surface area contributed by atoms with E-state index in [1.54, 1.807) is 18.2 Å². The predicted octanol–water partition coefficient (Wildman–Crippen LogP) is 5.06. The summed E-state index contributed by atoms with van der Waals surface area (Å²) in [6.07, 6.45) is -0.686. The predicted molar refractivity (Wildman–Crippen MR) is 76.5 cm³/mol. The van der Waals surface area contributed by atoms with E-state index in [4.69, 9.17) is 34.8 Å². The highest BCUT2D eigenvalue weighted by Crippen LogP contribution is 2.31. The first-order valence-corrected chi connectivity index (χ1v) is 6.68. The normalized spacial score (nSPS) is 12.5. The number of benzene rings is 2. The molecule has 5 heteroatoms. The van der Waals surface area contributed by atoms with Gasteiger partial charge in [0.05, 0.1) is 6.10 Å². The number of aliphatic hydroxyl groups excluding tert-OH is 1. The molecule has 0 amide bonds. The lowest BCUT2D eigenvalue weighted by Gasteiger charge is -2.14. The first-order valence-electron chi connectivity index (χ1n) is 5.55. The third-order valence-electron chi connectivity index (χ3n) is 2.78. The molecular weight excluding hydrogens is 310 g/mol. The van der Waals surface area contributed by atoms with Crippen molar-refractivity contribution in [1.29, 1.82) is 0 Å². The molecule has 1 atom stereocenters. The molecule has 0 heterocycles. The summed E-state index contributed by atoms with van der Waals surface area (Å²) in [6, 6.07) is 8.98. The summed E-state index contributed by atoms with van der Waals surface area (Å²) in [5, 5.41) is 11.3. The summed E-state index contributed by atoms with van der Waals surface area (Å²) >= 11 is 18.0. The first-order chi connectivity index (χ1) is 8.99. The van der Waals surface area contributed by atoms with E-state index in [9.17, 15) is 9.50 Å². The smallest absolute Gasteiger partial charge is 0.124 e. The molecule has 1 nitrogen and oxygen atoms in total. The van der Waals surface area contributed by atoms with Gasteiger partial charge in [0.15, 0.2) is 0 Å². The zero-order valence-corrected chi connectivity index (χ0v) is 12.0. The van der Waals surface area contributed by atoms with Gasteiger partial charge in [0, 0.05) is 21.5 Å². The van der Waals surface area contributed by atoms with Crippen molar-refractivity contribution in [2.45, 2.75) is 12.5 Å². The lowest BCUT2D eigenvalue weighted by Crippen LogP contribution is -2.04. The Labute approximate surface area is 125 Å². The molecule has 0 saturated heterocycles. The van der Waals surface area contributed by atoms with Crippen LogP contribution in [0.4, 0.5) is 4.39 Å². The van der Waals surface area contributed by atoms with Crippen LogP contribution in [0.5, 0.6) is 0 Å². The Morgan fingerprint density at radius 2 is 1.63 bits per heavy atom. The SMILES string of the molecule is OC(Cc1c(Cl)cccc1Cl)c1ccc(F)cc1Cl. The molecule has 2 rings (SSSR count). The molecule has 19 heavy (non-hydrogen) atoms. The molecule has 2 aromatic rings. The fourth-order valence-electron chi connectivity index (χ4n) is 1.80. The van der Waals surface area contributed by atoms with Crippen molar-refractivity contribution in [3.05, 3.63) is 68.4 Å². The van der Waals surface area contributed by atoms with Crippen molar-refractivity contribution in [2.24, 2.45) is 0 Å². The van der Waals surface area contributed by atoms with Crippen molar-refractivity contribution in [3.8, 4) is 0 Å². The Morgan fingerprint density at radius 1 is 1.00 bits per heavy atom. The number of halogens is 4. The molecule has 0 aliphatic rings. The maximum atomic E-state index is 13.0. The number of aliphatic hydroxyl groups is 1. The second kappa shape index (κ2) is 6.10. The lowest BCUT2D eigenvalue weighted by atomic mass is 10.0. The second-order valence-electron chi connectivity index (χ2n) is 4.09. The van der Waals surface area contributed by atoms with Crippen LogP contribution < -0.4 is 0 Å². The first kappa shape index (κ1) is 14.6. The largest absolute Gasteiger partial charge is 0.388 e. The van der Waals surface area contributed by atoms with Gasteiger partial charge in [-0.15, -0.1) is 0 Å². The van der Waals surface area contributed by atoms with E-state index in [1.807, 2.05) is 0 Å². The molecule has 1 N–H and O–H groups in total. The lowest BCUT2D eigenvalue weighted by molar-refractivity contribution is 0.178. The van der Waals surface area contributed by atoms with Gasteiger partial charge in [0.1, 0.15) is 5.82 Å². The third-order valence-corrected chi connectivity index (χ3v) is 3.82. The van der Waals surface area contributed by atoms with Gasteiger partial charge in [-0.25, -0.2) is 4.39 Å². The summed E-state index contributed by atoms with van der Waals surface area (Å²) in [7, 11) is 0. The number of hydrogen-bond acceptors (Lipinski definition) is 1. The van der Waals surface area contributed by atoms with Gasteiger partial charge in [0.2, 0.25) is 0 Å². The zero-order chi connectivity index (χ0) is 14.0. The van der Waals surface area contributed by atoms with Crippen LogP contribution in [0.3, 0.4) is 0 Å². The zero-order valence-electron chi connectivity index (χ0n) is 9.71. The van der Waals surface area contributed by atoms with Gasteiger partial charge in [-0.05, 0) is 35.4 Å². The highest BCUT2D eigenvalue weighted by atomic mass is 35.5. The second-order valence-corrected chi connectivity index (χ2v) is 5.31. The van der Waals surface area contributed by atoms with Crippen LogP contribution in [-0.2, 0) is 6.42 Å². The van der Waals surface area contributed by atoms with Crippen LogP contribution in [0.25, 0.3) is 0 Å². The topological polar surface area (TPSA) is 20.2 Å². The van der Waals surface area contributed by atoms with Gasteiger partial charge < -0.3 is 5.11 Å². The molecule has 1 unspecified atom stereocenters. The fourth-order valence-corrected chi connectivity index (χ4v) is 2.65. The van der Waals surface area contributed by atoms with E-state index < -0.39 is 11.9 Å². The maximum Gasteiger partial charge on any atom is 0.124 e.